The molecule has 1 aromatic carbocycles. The molecule has 0 unspecified atom stereocenters. The molecule has 0 bridgehead atoms. The fourth-order valence-corrected chi connectivity index (χ4v) is 1.16. The number of hydrogen-bond donors (Lipinski definition) is 0. The highest BCUT2D eigenvalue weighted by molar-refractivity contribution is 5.25. The molecule has 90 valence electrons. The van der Waals surface area contributed by atoms with Crippen LogP contribution in [-0.4, -0.2) is 14.2 Å². The fraction of sp³-hybridized carbons (Fsp3) is 0.333. The van der Waals surface area contributed by atoms with Crippen molar-refractivity contribution in [2.45, 2.75) is 6.29 Å². The summed E-state index contributed by atoms with van der Waals surface area (Å²) in [5.74, 6) is -10.2. The van der Waals surface area contributed by atoms with Crippen LogP contribution in [0.25, 0.3) is 0 Å². The van der Waals surface area contributed by atoms with Crippen LogP contribution in [0.5, 0.6) is 0 Å². The zero-order chi connectivity index (χ0) is 12.5. The van der Waals surface area contributed by atoms with Crippen molar-refractivity contribution in [3.63, 3.8) is 0 Å². The molecule has 0 N–H and O–H groups in total. The van der Waals surface area contributed by atoms with Gasteiger partial charge >= 0.3 is 0 Å². The topological polar surface area (TPSA) is 18.5 Å². The van der Waals surface area contributed by atoms with Gasteiger partial charge in [-0.05, 0) is 0 Å². The van der Waals surface area contributed by atoms with Gasteiger partial charge in [0, 0.05) is 14.2 Å². The van der Waals surface area contributed by atoms with E-state index in [9.17, 15) is 22.0 Å². The quantitative estimate of drug-likeness (QED) is 0.351. The Labute approximate surface area is 87.6 Å². The van der Waals surface area contributed by atoms with Crippen LogP contribution in [0, 0.1) is 29.1 Å². The summed E-state index contributed by atoms with van der Waals surface area (Å²) >= 11 is 0. The van der Waals surface area contributed by atoms with E-state index in [0.29, 0.717) is 0 Å². The Kier molecular flexibility index (Phi) is 3.82. The summed E-state index contributed by atoms with van der Waals surface area (Å²) in [4.78, 5) is 0. The lowest BCUT2D eigenvalue weighted by atomic mass is 10.1. The normalized spacial score (nSPS) is 11.2. The standard InChI is InChI=1S/C9H7F5O2/c1-15-9(16-2)3-4(10)6(12)8(14)7(13)5(3)11/h9H,1-2H3. The van der Waals surface area contributed by atoms with Crippen LogP contribution in [0.15, 0.2) is 0 Å². The van der Waals surface area contributed by atoms with Crippen molar-refractivity contribution >= 4 is 0 Å². The van der Waals surface area contributed by atoms with Crippen LogP contribution in [-0.2, 0) is 9.47 Å². The Morgan fingerprint density at radius 1 is 0.688 bits per heavy atom. The molecule has 0 aliphatic carbocycles. The molecule has 0 fully saturated rings. The van der Waals surface area contributed by atoms with Gasteiger partial charge in [0.1, 0.15) is 0 Å². The summed E-state index contributed by atoms with van der Waals surface area (Å²) in [6.45, 7) is 0. The van der Waals surface area contributed by atoms with Crippen molar-refractivity contribution in [2.75, 3.05) is 14.2 Å². The number of hydrogen-bond acceptors (Lipinski definition) is 2. The zero-order valence-corrected chi connectivity index (χ0v) is 8.28. The average molecular weight is 242 g/mol. The molecule has 0 spiro atoms. The van der Waals surface area contributed by atoms with Gasteiger partial charge in [0.05, 0.1) is 5.56 Å². The van der Waals surface area contributed by atoms with Crippen LogP contribution in [0.1, 0.15) is 11.9 Å². The zero-order valence-electron chi connectivity index (χ0n) is 8.28. The molecular weight excluding hydrogens is 235 g/mol. The molecular formula is C9H7F5O2. The van der Waals surface area contributed by atoms with Gasteiger partial charge in [0.25, 0.3) is 0 Å². The van der Waals surface area contributed by atoms with Crippen LogP contribution >= 0.6 is 0 Å². The Balaban J connectivity index is 3.50. The molecule has 0 saturated heterocycles. The number of ether oxygens (including phenoxy) is 2. The first kappa shape index (κ1) is 12.9. The Morgan fingerprint density at radius 3 is 1.31 bits per heavy atom. The lowest BCUT2D eigenvalue weighted by Crippen LogP contribution is -2.14. The van der Waals surface area contributed by atoms with Crippen molar-refractivity contribution in [1.29, 1.82) is 0 Å². The van der Waals surface area contributed by atoms with Gasteiger partial charge < -0.3 is 9.47 Å². The van der Waals surface area contributed by atoms with E-state index >= 15 is 0 Å². The molecule has 0 atom stereocenters. The molecule has 0 aliphatic rings. The molecule has 1 rings (SSSR count). The highest BCUT2D eigenvalue weighted by Gasteiger charge is 2.30. The first-order valence-corrected chi connectivity index (χ1v) is 4.02. The third kappa shape index (κ3) is 1.88. The van der Waals surface area contributed by atoms with E-state index in [4.69, 9.17) is 0 Å². The van der Waals surface area contributed by atoms with Crippen LogP contribution in [0.4, 0.5) is 22.0 Å². The second-order valence-corrected chi connectivity index (χ2v) is 2.79. The lowest BCUT2D eigenvalue weighted by molar-refractivity contribution is -0.110. The van der Waals surface area contributed by atoms with Crippen molar-refractivity contribution in [3.05, 3.63) is 34.6 Å². The minimum Gasteiger partial charge on any atom is -0.351 e. The largest absolute Gasteiger partial charge is 0.351 e. The van der Waals surface area contributed by atoms with Gasteiger partial charge in [-0.2, -0.15) is 0 Å². The Hall–Kier alpha value is -1.21. The molecule has 2 nitrogen and oxygen atoms in total. The second kappa shape index (κ2) is 4.75. The maximum Gasteiger partial charge on any atom is 0.200 e. The van der Waals surface area contributed by atoms with E-state index in [-0.39, 0.29) is 0 Å². The summed E-state index contributed by atoms with van der Waals surface area (Å²) in [7, 11) is 2.01. The maximum atomic E-state index is 13.1. The van der Waals surface area contributed by atoms with Crippen LogP contribution < -0.4 is 0 Å². The SMILES string of the molecule is COC(OC)c1c(F)c(F)c(F)c(F)c1F. The van der Waals surface area contributed by atoms with Gasteiger partial charge in [-0.25, -0.2) is 22.0 Å². The molecule has 0 heterocycles. The average Bonchev–Trinajstić information content (AvgIpc) is 2.29. The highest BCUT2D eigenvalue weighted by atomic mass is 19.2. The minimum atomic E-state index is -2.22. The summed E-state index contributed by atoms with van der Waals surface area (Å²) < 4.78 is 73.4. The molecule has 0 aromatic heterocycles. The highest BCUT2D eigenvalue weighted by Crippen LogP contribution is 2.29. The third-order valence-electron chi connectivity index (χ3n) is 1.91. The first-order valence-electron chi connectivity index (χ1n) is 4.02. The minimum absolute atomic E-state index is 1.01. The lowest BCUT2D eigenvalue weighted by Gasteiger charge is -2.16. The molecule has 16 heavy (non-hydrogen) atoms. The number of rotatable bonds is 3. The van der Waals surface area contributed by atoms with Crippen LogP contribution in [0.2, 0.25) is 0 Å². The van der Waals surface area contributed by atoms with Crippen LogP contribution in [0.3, 0.4) is 0 Å². The smallest absolute Gasteiger partial charge is 0.200 e. The third-order valence-corrected chi connectivity index (χ3v) is 1.91. The second-order valence-electron chi connectivity index (χ2n) is 2.79. The molecule has 0 saturated carbocycles. The Morgan fingerprint density at radius 2 is 1.00 bits per heavy atom. The molecule has 7 heteroatoms. The molecule has 1 aromatic rings. The van der Waals surface area contributed by atoms with E-state index in [1.54, 1.807) is 0 Å². The fourth-order valence-electron chi connectivity index (χ4n) is 1.16. The van der Waals surface area contributed by atoms with Crippen molar-refractivity contribution in [2.24, 2.45) is 0 Å². The summed E-state index contributed by atoms with van der Waals surface area (Å²) in [5, 5.41) is 0. The van der Waals surface area contributed by atoms with Gasteiger partial charge in [-0.15, -0.1) is 0 Å². The number of benzene rings is 1. The number of halogens is 5. The first-order chi connectivity index (χ1) is 7.45. The number of methoxy groups -OCH3 is 2. The van der Waals surface area contributed by atoms with Gasteiger partial charge in [0.15, 0.2) is 29.6 Å². The van der Waals surface area contributed by atoms with Gasteiger partial charge in [-0.1, -0.05) is 0 Å². The summed E-state index contributed by atoms with van der Waals surface area (Å²) in [6.07, 6.45) is -1.66. The predicted molar refractivity (Wildman–Crippen MR) is 43.0 cm³/mol. The monoisotopic (exact) mass is 242 g/mol. The predicted octanol–water partition coefficient (Wildman–Crippen LogP) is 2.67. The van der Waals surface area contributed by atoms with E-state index in [1.807, 2.05) is 0 Å². The van der Waals surface area contributed by atoms with E-state index in [2.05, 4.69) is 9.47 Å². The van der Waals surface area contributed by atoms with Crippen molar-refractivity contribution in [3.8, 4) is 0 Å². The molecule has 0 radical (unpaired) electrons. The summed E-state index contributed by atoms with van der Waals surface area (Å²) in [5.41, 5.74) is -1.15. The van der Waals surface area contributed by atoms with Crippen molar-refractivity contribution < 1.29 is 31.4 Å². The van der Waals surface area contributed by atoms with Crippen molar-refractivity contribution in [1.82, 2.24) is 0 Å². The van der Waals surface area contributed by atoms with Gasteiger partial charge in [0.2, 0.25) is 5.82 Å². The molecule has 0 amide bonds. The molecule has 0 aliphatic heterocycles. The summed E-state index contributed by atoms with van der Waals surface area (Å²) in [6, 6.07) is 0. The Bertz CT molecular complexity index is 374. The van der Waals surface area contributed by atoms with Gasteiger partial charge in [-0.3, -0.25) is 0 Å². The van der Waals surface area contributed by atoms with E-state index < -0.39 is 40.9 Å². The van der Waals surface area contributed by atoms with E-state index in [0.717, 1.165) is 14.2 Å². The van der Waals surface area contributed by atoms with E-state index in [1.165, 1.54) is 0 Å². The maximum absolute atomic E-state index is 13.1.